The summed E-state index contributed by atoms with van der Waals surface area (Å²) in [5, 5.41) is 14.9. The van der Waals surface area contributed by atoms with Crippen molar-refractivity contribution in [1.29, 1.82) is 0 Å². The van der Waals surface area contributed by atoms with Gasteiger partial charge in [-0.2, -0.15) is 0 Å². The lowest BCUT2D eigenvalue weighted by atomic mass is 10.0. The van der Waals surface area contributed by atoms with Crippen LogP contribution >= 0.6 is 11.8 Å². The number of aliphatic hydroxyl groups excluding tert-OH is 1. The van der Waals surface area contributed by atoms with Gasteiger partial charge in [0.2, 0.25) is 5.91 Å². The molecule has 0 spiro atoms. The van der Waals surface area contributed by atoms with Gasteiger partial charge in [0.15, 0.2) is 12.2 Å². The van der Waals surface area contributed by atoms with E-state index in [1.54, 1.807) is 96.7 Å². The average Bonchev–Trinajstić information content (AvgIpc) is 3.03. The number of hydrogen-bond acceptors (Lipinski definition) is 8. The molecule has 0 aliphatic heterocycles. The van der Waals surface area contributed by atoms with Crippen molar-refractivity contribution in [2.75, 3.05) is 35.8 Å². The van der Waals surface area contributed by atoms with E-state index >= 15 is 0 Å². The molecule has 222 valence electrons. The molecule has 43 heavy (non-hydrogen) atoms. The zero-order valence-electron chi connectivity index (χ0n) is 23.5. The SMILES string of the molecule is CSc1ccc(NC(=O)O[C@@H](c2ccccc2OCCO)[C@H](/C=C/C(=O)Nc2ccccc2N)Oc2ccccc2)cc1. The number of benzene rings is 4. The number of nitrogens with one attached hydrogen (secondary N) is 2. The first-order chi connectivity index (χ1) is 21.0. The highest BCUT2D eigenvalue weighted by Crippen LogP contribution is 2.34. The van der Waals surface area contributed by atoms with Crippen molar-refractivity contribution in [2.24, 2.45) is 0 Å². The molecule has 4 aromatic carbocycles. The molecule has 5 N–H and O–H groups in total. The van der Waals surface area contributed by atoms with Crippen LogP contribution in [0.5, 0.6) is 11.5 Å². The Morgan fingerprint density at radius 1 is 0.907 bits per heavy atom. The maximum Gasteiger partial charge on any atom is 0.412 e. The second-order valence-electron chi connectivity index (χ2n) is 9.12. The van der Waals surface area contributed by atoms with Crippen LogP contribution in [0.2, 0.25) is 0 Å². The van der Waals surface area contributed by atoms with Crippen LogP contribution in [0.15, 0.2) is 120 Å². The molecule has 0 aromatic heterocycles. The lowest BCUT2D eigenvalue weighted by Crippen LogP contribution is -2.30. The summed E-state index contributed by atoms with van der Waals surface area (Å²) in [5.74, 6) is 0.414. The highest BCUT2D eigenvalue weighted by atomic mass is 32.2. The van der Waals surface area contributed by atoms with Gasteiger partial charge in [0.05, 0.1) is 18.0 Å². The molecular formula is C33H33N3O6S. The number of nitrogens with two attached hydrogens (primary N) is 1. The molecule has 0 saturated heterocycles. The summed E-state index contributed by atoms with van der Waals surface area (Å²) < 4.78 is 18.1. The molecular weight excluding hydrogens is 566 g/mol. The van der Waals surface area contributed by atoms with E-state index < -0.39 is 24.2 Å². The number of para-hydroxylation sites is 4. The molecule has 0 aliphatic carbocycles. The van der Waals surface area contributed by atoms with Gasteiger partial charge in [-0.15, -0.1) is 11.8 Å². The van der Waals surface area contributed by atoms with E-state index in [1.807, 2.05) is 24.5 Å². The Kier molecular flexibility index (Phi) is 11.5. The van der Waals surface area contributed by atoms with Crippen molar-refractivity contribution in [3.63, 3.8) is 0 Å². The number of ether oxygens (including phenoxy) is 3. The van der Waals surface area contributed by atoms with Gasteiger partial charge in [-0.25, -0.2) is 4.79 Å². The molecule has 9 nitrogen and oxygen atoms in total. The average molecular weight is 600 g/mol. The molecule has 10 heteroatoms. The third-order valence-electron chi connectivity index (χ3n) is 6.11. The maximum absolute atomic E-state index is 13.3. The molecule has 0 fully saturated rings. The first-order valence-electron chi connectivity index (χ1n) is 13.5. The van der Waals surface area contributed by atoms with Crippen molar-refractivity contribution in [3.8, 4) is 11.5 Å². The highest BCUT2D eigenvalue weighted by Gasteiger charge is 2.30. The van der Waals surface area contributed by atoms with E-state index in [0.717, 1.165) is 4.90 Å². The van der Waals surface area contributed by atoms with Crippen LogP contribution in [-0.4, -0.2) is 42.7 Å². The molecule has 2 amide bonds. The number of hydrogen-bond donors (Lipinski definition) is 4. The number of amides is 2. The van der Waals surface area contributed by atoms with Gasteiger partial charge in [-0.1, -0.05) is 48.5 Å². The minimum atomic E-state index is -1.08. The van der Waals surface area contributed by atoms with Crippen LogP contribution in [0.25, 0.3) is 0 Å². The van der Waals surface area contributed by atoms with Gasteiger partial charge < -0.3 is 30.4 Å². The molecule has 4 rings (SSSR count). The second kappa shape index (κ2) is 15.9. The zero-order valence-corrected chi connectivity index (χ0v) is 24.3. The number of anilines is 3. The van der Waals surface area contributed by atoms with Crippen molar-refractivity contribution < 1.29 is 28.9 Å². The van der Waals surface area contributed by atoms with E-state index in [-0.39, 0.29) is 13.2 Å². The molecule has 0 unspecified atom stereocenters. The van der Waals surface area contributed by atoms with Crippen LogP contribution in [0.4, 0.5) is 21.9 Å². The molecule has 0 radical (unpaired) electrons. The van der Waals surface area contributed by atoms with E-state index in [0.29, 0.717) is 34.1 Å². The van der Waals surface area contributed by atoms with Gasteiger partial charge in [-0.05, 0) is 66.9 Å². The zero-order chi connectivity index (χ0) is 30.4. The van der Waals surface area contributed by atoms with E-state index in [4.69, 9.17) is 19.9 Å². The summed E-state index contributed by atoms with van der Waals surface area (Å²) >= 11 is 1.59. The third kappa shape index (κ3) is 9.29. The Labute approximate surface area is 254 Å². The number of aliphatic hydroxyl groups is 1. The van der Waals surface area contributed by atoms with E-state index in [2.05, 4.69) is 10.6 Å². The highest BCUT2D eigenvalue weighted by molar-refractivity contribution is 7.98. The van der Waals surface area contributed by atoms with Crippen molar-refractivity contribution >= 4 is 40.8 Å². The fraction of sp³-hybridized carbons (Fsp3) is 0.152. The predicted octanol–water partition coefficient (Wildman–Crippen LogP) is 6.29. The normalized spacial score (nSPS) is 12.2. The maximum atomic E-state index is 13.3. The van der Waals surface area contributed by atoms with Crippen LogP contribution < -0.4 is 25.8 Å². The molecule has 2 atom stereocenters. The van der Waals surface area contributed by atoms with E-state index in [9.17, 15) is 14.7 Å². The summed E-state index contributed by atoms with van der Waals surface area (Å²) in [6.45, 7) is -0.183. The number of rotatable bonds is 13. The predicted molar refractivity (Wildman–Crippen MR) is 170 cm³/mol. The fourth-order valence-electron chi connectivity index (χ4n) is 4.07. The van der Waals surface area contributed by atoms with Crippen molar-refractivity contribution in [1.82, 2.24) is 0 Å². The Hall–Kier alpha value is -4.93. The fourth-order valence-corrected chi connectivity index (χ4v) is 4.48. The molecule has 4 aromatic rings. The van der Waals surface area contributed by atoms with Gasteiger partial charge >= 0.3 is 6.09 Å². The van der Waals surface area contributed by atoms with Gasteiger partial charge in [0, 0.05) is 22.2 Å². The molecule has 0 bridgehead atoms. The minimum Gasteiger partial charge on any atom is -0.491 e. The largest absolute Gasteiger partial charge is 0.491 e. The summed E-state index contributed by atoms with van der Waals surface area (Å²) in [6, 6.07) is 30.2. The van der Waals surface area contributed by atoms with Crippen LogP contribution in [0.3, 0.4) is 0 Å². The first kappa shape index (κ1) is 31.0. The number of nitrogen functional groups attached to an aromatic ring is 1. The molecule has 0 heterocycles. The summed E-state index contributed by atoms with van der Waals surface area (Å²) in [4.78, 5) is 27.2. The topological polar surface area (TPSA) is 132 Å². The first-order valence-corrected chi connectivity index (χ1v) is 14.7. The molecule has 0 aliphatic rings. The number of carbonyl (C=O) groups is 2. The quantitative estimate of drug-likeness (QED) is 0.0801. The standard InChI is InChI=1S/C33H33N3O6S/c1-43-25-17-15-23(16-18-25)35-33(39)42-32(26-11-5-8-14-29(26)40-22-21-37)30(41-24-9-3-2-4-10-24)19-20-31(38)36-28-13-7-6-12-27(28)34/h2-20,30,32,37H,21-22,34H2,1H3,(H,35,39)(H,36,38)/b20-19+/t30-,32-/m0/s1. The second-order valence-corrected chi connectivity index (χ2v) is 10.0. The number of thioether (sulfide) groups is 1. The van der Waals surface area contributed by atoms with Gasteiger partial charge in [-0.3, -0.25) is 10.1 Å². The Morgan fingerprint density at radius 3 is 2.33 bits per heavy atom. The smallest absolute Gasteiger partial charge is 0.412 e. The molecule has 0 saturated carbocycles. The van der Waals surface area contributed by atoms with Gasteiger partial charge in [0.25, 0.3) is 0 Å². The number of carbonyl (C=O) groups excluding carboxylic acids is 2. The summed E-state index contributed by atoms with van der Waals surface area (Å²) in [7, 11) is 0. The van der Waals surface area contributed by atoms with Crippen molar-refractivity contribution in [3.05, 3.63) is 121 Å². The van der Waals surface area contributed by atoms with Crippen LogP contribution in [0, 0.1) is 0 Å². The van der Waals surface area contributed by atoms with Crippen LogP contribution in [-0.2, 0) is 9.53 Å². The Morgan fingerprint density at radius 2 is 1.60 bits per heavy atom. The van der Waals surface area contributed by atoms with E-state index in [1.165, 1.54) is 12.2 Å². The minimum absolute atomic E-state index is 0.0265. The van der Waals surface area contributed by atoms with Crippen molar-refractivity contribution in [2.45, 2.75) is 17.1 Å². The van der Waals surface area contributed by atoms with Gasteiger partial charge in [0.1, 0.15) is 18.1 Å². The third-order valence-corrected chi connectivity index (χ3v) is 6.86. The lowest BCUT2D eigenvalue weighted by molar-refractivity contribution is -0.112. The summed E-state index contributed by atoms with van der Waals surface area (Å²) in [5.41, 5.74) is 7.87. The monoisotopic (exact) mass is 599 g/mol. The lowest BCUT2D eigenvalue weighted by Gasteiger charge is -2.27. The van der Waals surface area contributed by atoms with Crippen LogP contribution in [0.1, 0.15) is 11.7 Å². The Bertz CT molecular complexity index is 1510. The summed E-state index contributed by atoms with van der Waals surface area (Å²) in [6.07, 6.45) is 1.97. The Balaban J connectivity index is 1.68.